The third kappa shape index (κ3) is 3.07. The second kappa shape index (κ2) is 5.92. The van der Waals surface area contributed by atoms with Gasteiger partial charge in [0.2, 0.25) is 5.95 Å². The summed E-state index contributed by atoms with van der Waals surface area (Å²) in [7, 11) is -4.68. The van der Waals surface area contributed by atoms with Gasteiger partial charge < -0.3 is 30.3 Å². The number of aliphatic hydroxyl groups excluding tert-OH is 2. The molecule has 1 saturated carbocycles. The first kappa shape index (κ1) is 17.0. The summed E-state index contributed by atoms with van der Waals surface area (Å²) in [5, 5.41) is 20.3. The Morgan fingerprint density at radius 1 is 1.42 bits per heavy atom. The van der Waals surface area contributed by atoms with Crippen LogP contribution in [0.25, 0.3) is 11.2 Å². The van der Waals surface area contributed by atoms with E-state index in [-0.39, 0.29) is 23.5 Å². The average molecular weight is 361 g/mol. The van der Waals surface area contributed by atoms with Crippen LogP contribution < -0.4 is 11.3 Å². The van der Waals surface area contributed by atoms with Crippen LogP contribution in [-0.2, 0) is 9.09 Å². The van der Waals surface area contributed by atoms with Crippen molar-refractivity contribution in [1.82, 2.24) is 19.5 Å². The molecule has 13 heteroatoms. The Hall–Kier alpha value is -1.82. The fourth-order valence-corrected chi connectivity index (χ4v) is 3.30. The molecule has 0 unspecified atom stereocenters. The summed E-state index contributed by atoms with van der Waals surface area (Å²) in [5.41, 5.74) is 5.14. The van der Waals surface area contributed by atoms with Crippen molar-refractivity contribution in [3.8, 4) is 0 Å². The molecule has 2 heterocycles. The molecular formula is C11H16N5O7P. The van der Waals surface area contributed by atoms with Crippen LogP contribution in [0.4, 0.5) is 5.95 Å². The molecule has 2 aromatic heterocycles. The zero-order valence-corrected chi connectivity index (χ0v) is 13.1. The molecule has 0 spiro atoms. The van der Waals surface area contributed by atoms with Crippen LogP contribution in [0.1, 0.15) is 12.5 Å². The Kier molecular flexibility index (Phi) is 4.20. The quantitative estimate of drug-likeness (QED) is 0.334. The third-order valence-electron chi connectivity index (χ3n) is 4.04. The van der Waals surface area contributed by atoms with Gasteiger partial charge in [0.15, 0.2) is 11.2 Å². The fraction of sp³-hybridized carbons (Fsp3) is 0.545. The van der Waals surface area contributed by atoms with Crippen molar-refractivity contribution in [2.45, 2.75) is 24.7 Å². The van der Waals surface area contributed by atoms with Gasteiger partial charge in [-0.1, -0.05) is 0 Å². The van der Waals surface area contributed by atoms with E-state index in [0.717, 1.165) is 0 Å². The van der Waals surface area contributed by atoms with E-state index >= 15 is 0 Å². The lowest BCUT2D eigenvalue weighted by Crippen LogP contribution is -2.30. The van der Waals surface area contributed by atoms with E-state index < -0.39 is 44.2 Å². The molecule has 0 radical (unpaired) electrons. The summed E-state index contributed by atoms with van der Waals surface area (Å²) in [6, 6.07) is -0.705. The summed E-state index contributed by atoms with van der Waals surface area (Å²) in [4.78, 5) is 39.5. The van der Waals surface area contributed by atoms with Crippen LogP contribution in [0.3, 0.4) is 0 Å². The Labute approximate surface area is 134 Å². The lowest BCUT2D eigenvalue weighted by Gasteiger charge is -2.18. The minimum atomic E-state index is -4.68. The highest BCUT2D eigenvalue weighted by Crippen LogP contribution is 2.41. The summed E-state index contributed by atoms with van der Waals surface area (Å²) in [6.45, 7) is -0.429. The number of aliphatic hydroxyl groups is 2. The number of imidazole rings is 1. The molecule has 1 aliphatic carbocycles. The second-order valence-electron chi connectivity index (χ2n) is 5.61. The van der Waals surface area contributed by atoms with Gasteiger partial charge in [-0.2, -0.15) is 4.98 Å². The Morgan fingerprint density at radius 2 is 2.12 bits per heavy atom. The molecule has 1 aliphatic rings. The van der Waals surface area contributed by atoms with E-state index in [1.807, 2.05) is 0 Å². The molecule has 3 rings (SSSR count). The lowest BCUT2D eigenvalue weighted by molar-refractivity contribution is -0.00374. The van der Waals surface area contributed by atoms with E-state index in [2.05, 4.69) is 19.5 Å². The first-order valence-electron chi connectivity index (χ1n) is 6.96. The minimum Gasteiger partial charge on any atom is -0.390 e. The van der Waals surface area contributed by atoms with E-state index in [1.54, 1.807) is 0 Å². The first-order valence-corrected chi connectivity index (χ1v) is 8.49. The number of nitrogens with zero attached hydrogens (tertiary/aromatic N) is 3. The summed E-state index contributed by atoms with van der Waals surface area (Å²) < 4.78 is 16.6. The van der Waals surface area contributed by atoms with Gasteiger partial charge >= 0.3 is 7.82 Å². The van der Waals surface area contributed by atoms with Crippen molar-refractivity contribution in [3.05, 3.63) is 16.7 Å². The molecule has 24 heavy (non-hydrogen) atoms. The summed E-state index contributed by atoms with van der Waals surface area (Å²) >= 11 is 0. The van der Waals surface area contributed by atoms with Crippen LogP contribution in [0.15, 0.2) is 11.1 Å². The van der Waals surface area contributed by atoms with Crippen LogP contribution >= 0.6 is 7.82 Å². The smallest absolute Gasteiger partial charge is 0.390 e. The Morgan fingerprint density at radius 3 is 2.79 bits per heavy atom. The van der Waals surface area contributed by atoms with Gasteiger partial charge in [0.1, 0.15) is 6.10 Å². The largest absolute Gasteiger partial charge is 0.469 e. The molecule has 1 fully saturated rings. The minimum absolute atomic E-state index is 0.0285. The highest BCUT2D eigenvalue weighted by Gasteiger charge is 2.43. The number of phosphoric acid groups is 1. The topological polar surface area (TPSA) is 197 Å². The van der Waals surface area contributed by atoms with Gasteiger partial charge in [0, 0.05) is 5.92 Å². The van der Waals surface area contributed by atoms with E-state index in [9.17, 15) is 19.6 Å². The summed E-state index contributed by atoms with van der Waals surface area (Å²) in [6.07, 6.45) is -1.09. The Bertz CT molecular complexity index is 860. The predicted octanol–water partition coefficient (Wildman–Crippen LogP) is -1.91. The molecule has 4 atom stereocenters. The second-order valence-corrected chi connectivity index (χ2v) is 6.85. The normalized spacial score (nSPS) is 27.8. The lowest BCUT2D eigenvalue weighted by atomic mass is 10.1. The molecule has 132 valence electrons. The van der Waals surface area contributed by atoms with E-state index in [4.69, 9.17) is 15.5 Å². The predicted molar refractivity (Wildman–Crippen MR) is 79.7 cm³/mol. The zero-order chi connectivity index (χ0) is 17.6. The monoisotopic (exact) mass is 361 g/mol. The van der Waals surface area contributed by atoms with Crippen LogP contribution in [-0.4, -0.2) is 58.3 Å². The maximum atomic E-state index is 11.8. The number of anilines is 1. The zero-order valence-electron chi connectivity index (χ0n) is 12.2. The fourth-order valence-electron chi connectivity index (χ4n) is 2.92. The Balaban J connectivity index is 1.90. The molecule has 0 bridgehead atoms. The number of nitrogens with one attached hydrogen (secondary N) is 1. The van der Waals surface area contributed by atoms with Crippen molar-refractivity contribution in [2.75, 3.05) is 12.3 Å². The molecule has 12 nitrogen and oxygen atoms in total. The van der Waals surface area contributed by atoms with Crippen molar-refractivity contribution < 1.29 is 29.1 Å². The van der Waals surface area contributed by atoms with Crippen molar-refractivity contribution in [2.24, 2.45) is 5.92 Å². The highest BCUT2D eigenvalue weighted by molar-refractivity contribution is 7.46. The van der Waals surface area contributed by atoms with Crippen molar-refractivity contribution in [1.29, 1.82) is 0 Å². The van der Waals surface area contributed by atoms with Crippen molar-refractivity contribution >= 4 is 24.9 Å². The first-order chi connectivity index (χ1) is 11.2. The van der Waals surface area contributed by atoms with Gasteiger partial charge in [-0.05, 0) is 6.42 Å². The number of aromatic amines is 1. The van der Waals surface area contributed by atoms with Gasteiger partial charge in [0.25, 0.3) is 5.56 Å². The van der Waals surface area contributed by atoms with E-state index in [0.29, 0.717) is 0 Å². The molecule has 0 aromatic carbocycles. The van der Waals surface area contributed by atoms with Crippen LogP contribution in [0, 0.1) is 5.92 Å². The maximum absolute atomic E-state index is 11.8. The van der Waals surface area contributed by atoms with Gasteiger partial charge in [-0.15, -0.1) is 0 Å². The number of fused-ring (bicyclic) bond motifs is 1. The highest BCUT2D eigenvalue weighted by atomic mass is 31.2. The summed E-state index contributed by atoms with van der Waals surface area (Å²) in [5.74, 6) is -0.835. The van der Waals surface area contributed by atoms with Gasteiger partial charge in [-0.25, -0.2) is 9.55 Å². The number of hydrogen-bond acceptors (Lipinski definition) is 8. The number of nitrogen functional groups attached to an aromatic ring is 1. The van der Waals surface area contributed by atoms with Crippen molar-refractivity contribution in [3.63, 3.8) is 0 Å². The molecular weight excluding hydrogens is 345 g/mol. The van der Waals surface area contributed by atoms with E-state index in [1.165, 1.54) is 10.9 Å². The maximum Gasteiger partial charge on any atom is 0.469 e. The molecule has 0 amide bonds. The third-order valence-corrected chi connectivity index (χ3v) is 4.52. The van der Waals surface area contributed by atoms with Crippen LogP contribution in [0.5, 0.6) is 0 Å². The number of nitrogens with two attached hydrogens (primary N) is 1. The van der Waals surface area contributed by atoms with Gasteiger partial charge in [0.05, 0.1) is 25.1 Å². The number of rotatable bonds is 4. The number of aromatic nitrogens is 4. The number of hydrogen-bond donors (Lipinski definition) is 6. The van der Waals surface area contributed by atoms with Gasteiger partial charge in [-0.3, -0.25) is 14.3 Å². The molecule has 0 aliphatic heterocycles. The van der Waals surface area contributed by atoms with Crippen LogP contribution in [0.2, 0.25) is 0 Å². The number of H-pyrrole nitrogens is 1. The SMILES string of the molecule is Nc1nc2c(ncn2[C@@H]2C[C@H](COP(=O)(O)O)[C@@H](O)[C@H]2O)c(=O)[nH]1. The standard InChI is InChI=1S/C11H16N5O7P/c12-11-14-9-6(10(19)15-11)13-3-16(9)5-1-4(7(17)8(5)18)2-23-24(20,21)22/h3-5,7-8,17-18H,1-2H2,(H2,20,21,22)(H3,12,14,15,19)/t4-,5-,7-,8+/m1/s1. The molecule has 7 N–H and O–H groups in total. The molecule has 2 aromatic rings. The molecule has 0 saturated heterocycles. The average Bonchev–Trinajstić information content (AvgIpc) is 3.00. The number of phosphoric ester groups is 1.